The number of pyridine rings is 4. The molecule has 0 N–H and O–H groups in total. The number of rotatable bonds is 7. The predicted molar refractivity (Wildman–Crippen MR) is 199 cm³/mol. The molecule has 0 spiro atoms. The zero-order valence-corrected chi connectivity index (χ0v) is 29.3. The number of hydrogen-bond donors (Lipinski definition) is 0. The van der Waals surface area contributed by atoms with Crippen molar-refractivity contribution in [2.75, 3.05) is 0 Å². The van der Waals surface area contributed by atoms with E-state index in [9.17, 15) is 0 Å². The van der Waals surface area contributed by atoms with Gasteiger partial charge in [0.15, 0.2) is 0 Å². The van der Waals surface area contributed by atoms with Gasteiger partial charge in [0.2, 0.25) is 0 Å². The van der Waals surface area contributed by atoms with Gasteiger partial charge in [-0.2, -0.15) is 0 Å². The molecule has 2 aromatic carbocycles. The Morgan fingerprint density at radius 2 is 0.979 bits per heavy atom. The third kappa shape index (κ3) is 4.45. The van der Waals surface area contributed by atoms with Gasteiger partial charge in [0.1, 0.15) is 11.3 Å². The Balaban J connectivity index is 1.34. The highest BCUT2D eigenvalue weighted by molar-refractivity contribution is 6.12. The third-order valence-corrected chi connectivity index (χ3v) is 10.9. The Morgan fingerprint density at radius 3 is 1.38 bits per heavy atom. The van der Waals surface area contributed by atoms with Gasteiger partial charge < -0.3 is 0 Å². The molecule has 0 aliphatic carbocycles. The van der Waals surface area contributed by atoms with E-state index in [-0.39, 0.29) is 10.8 Å². The normalized spacial score (nSPS) is 13.1. The summed E-state index contributed by atoms with van der Waals surface area (Å²) in [7, 11) is 0. The summed E-state index contributed by atoms with van der Waals surface area (Å²) < 4.78 is 4.59. The summed E-state index contributed by atoms with van der Waals surface area (Å²) >= 11 is 0. The summed E-state index contributed by atoms with van der Waals surface area (Å²) in [5.74, 6) is 1.08. The summed E-state index contributed by atoms with van der Waals surface area (Å²) in [6.45, 7) is 18.3. The first-order chi connectivity index (χ1) is 23.0. The first-order valence-electron chi connectivity index (χ1n) is 17.3. The van der Waals surface area contributed by atoms with E-state index in [4.69, 9.17) is 19.9 Å². The predicted octanol–water partition coefficient (Wildman–Crippen LogP) is 10.0. The van der Waals surface area contributed by atoms with Crippen LogP contribution in [-0.2, 0) is 23.7 Å². The largest absolute Gasteiger partial charge is 0.299 e. The zero-order chi connectivity index (χ0) is 33.5. The standard InChI is InChI=1S/C42H44N6/c1-25(2)21-27-13-9-17-31-35(27)37-29(15-11-19-43-37)39-45-33(23-47(31)39)41(5,6)42(7,8)34-24-48-32-18-10-14-28(22-26(3)4)36(32)38-30(40(48)46-34)16-12-20-44-38/h9-20,23-26H,21-22H2,1-8H3. The van der Waals surface area contributed by atoms with Crippen LogP contribution in [0.1, 0.15) is 77.9 Å². The maximum Gasteiger partial charge on any atom is 0.147 e. The Hall–Kier alpha value is -4.84. The summed E-state index contributed by atoms with van der Waals surface area (Å²) in [5, 5.41) is 4.60. The molecular weight excluding hydrogens is 589 g/mol. The van der Waals surface area contributed by atoms with Crippen molar-refractivity contribution < 1.29 is 0 Å². The summed E-state index contributed by atoms with van der Waals surface area (Å²) in [5.41, 5.74) is 10.2. The molecule has 0 bridgehead atoms. The van der Waals surface area contributed by atoms with Gasteiger partial charge in [0.25, 0.3) is 0 Å². The molecule has 8 rings (SSSR count). The van der Waals surface area contributed by atoms with Gasteiger partial charge in [-0.3, -0.25) is 18.8 Å². The molecule has 0 fully saturated rings. The van der Waals surface area contributed by atoms with Crippen LogP contribution in [0, 0.1) is 11.8 Å². The average molecular weight is 633 g/mol. The molecular formula is C42H44N6. The van der Waals surface area contributed by atoms with Crippen molar-refractivity contribution in [3.05, 3.63) is 108 Å². The highest BCUT2D eigenvalue weighted by Gasteiger charge is 2.44. The number of nitrogens with zero attached hydrogens (tertiary/aromatic N) is 6. The highest BCUT2D eigenvalue weighted by Crippen LogP contribution is 2.45. The van der Waals surface area contributed by atoms with E-state index >= 15 is 0 Å². The summed E-state index contributed by atoms with van der Waals surface area (Å²) in [6.07, 6.45) is 10.3. The lowest BCUT2D eigenvalue weighted by atomic mass is 9.64. The van der Waals surface area contributed by atoms with Crippen LogP contribution in [0.15, 0.2) is 85.5 Å². The monoisotopic (exact) mass is 632 g/mol. The maximum atomic E-state index is 5.42. The van der Waals surface area contributed by atoms with E-state index in [1.807, 2.05) is 24.5 Å². The van der Waals surface area contributed by atoms with Crippen molar-refractivity contribution in [1.82, 2.24) is 28.7 Å². The zero-order valence-electron chi connectivity index (χ0n) is 29.3. The van der Waals surface area contributed by atoms with Crippen molar-refractivity contribution in [1.29, 1.82) is 0 Å². The fourth-order valence-electron chi connectivity index (χ4n) is 7.66. The van der Waals surface area contributed by atoms with E-state index in [0.717, 1.165) is 68.4 Å². The summed E-state index contributed by atoms with van der Waals surface area (Å²) in [4.78, 5) is 20.7. The fraction of sp³-hybridized carbons (Fsp3) is 0.333. The van der Waals surface area contributed by atoms with Crippen molar-refractivity contribution in [2.24, 2.45) is 11.8 Å². The van der Waals surface area contributed by atoms with E-state index in [0.29, 0.717) is 11.8 Å². The lowest BCUT2D eigenvalue weighted by Gasteiger charge is -2.39. The van der Waals surface area contributed by atoms with Gasteiger partial charge in [0, 0.05) is 57.2 Å². The van der Waals surface area contributed by atoms with Crippen LogP contribution in [-0.4, -0.2) is 28.7 Å². The number of benzene rings is 2. The summed E-state index contributed by atoms with van der Waals surface area (Å²) in [6, 6.07) is 21.7. The van der Waals surface area contributed by atoms with Crippen LogP contribution in [0.2, 0.25) is 0 Å². The topological polar surface area (TPSA) is 60.4 Å². The number of hydrogen-bond acceptors (Lipinski definition) is 4. The van der Waals surface area contributed by atoms with Gasteiger partial charge in [-0.25, -0.2) is 9.97 Å². The molecule has 6 heteroatoms. The highest BCUT2D eigenvalue weighted by atomic mass is 15.0. The van der Waals surface area contributed by atoms with E-state index in [2.05, 4.69) is 125 Å². The smallest absolute Gasteiger partial charge is 0.147 e. The van der Waals surface area contributed by atoms with Gasteiger partial charge in [-0.1, -0.05) is 79.7 Å². The first-order valence-corrected chi connectivity index (χ1v) is 17.3. The van der Waals surface area contributed by atoms with Crippen molar-refractivity contribution >= 4 is 54.9 Å². The molecule has 0 unspecified atom stereocenters. The molecule has 48 heavy (non-hydrogen) atoms. The second kappa shape index (κ2) is 10.8. The Labute approximate surface area is 281 Å². The van der Waals surface area contributed by atoms with Crippen molar-refractivity contribution in [3.8, 4) is 0 Å². The van der Waals surface area contributed by atoms with E-state index in [1.54, 1.807) is 0 Å². The van der Waals surface area contributed by atoms with E-state index < -0.39 is 0 Å². The molecule has 0 saturated carbocycles. The van der Waals surface area contributed by atoms with Gasteiger partial charge in [0.05, 0.1) is 33.5 Å². The molecule has 0 saturated heterocycles. The van der Waals surface area contributed by atoms with E-state index in [1.165, 1.54) is 21.9 Å². The first kappa shape index (κ1) is 30.5. The van der Waals surface area contributed by atoms with Gasteiger partial charge >= 0.3 is 0 Å². The van der Waals surface area contributed by atoms with Crippen molar-refractivity contribution in [2.45, 2.75) is 79.1 Å². The lowest BCUT2D eigenvalue weighted by molar-refractivity contribution is 0.290. The molecule has 242 valence electrons. The Bertz CT molecular complexity index is 2350. The van der Waals surface area contributed by atoms with Crippen LogP contribution in [0.25, 0.3) is 54.9 Å². The van der Waals surface area contributed by atoms with Gasteiger partial charge in [-0.05, 0) is 72.2 Å². The molecule has 6 nitrogen and oxygen atoms in total. The quantitative estimate of drug-likeness (QED) is 0.164. The molecule has 0 aliphatic heterocycles. The Morgan fingerprint density at radius 1 is 0.562 bits per heavy atom. The lowest BCUT2D eigenvalue weighted by Crippen LogP contribution is -2.41. The molecule has 0 amide bonds. The minimum Gasteiger partial charge on any atom is -0.299 e. The SMILES string of the molecule is CC(C)Cc1cccc2c1c1ncccc1c1nc(C(C)(C)C(C)(C)c3cn4c5cccc(CC(C)C)c5c5ncccc5c4n3)cn21. The number of fused-ring (bicyclic) bond motifs is 12. The minimum atomic E-state index is -0.375. The molecule has 0 radical (unpaired) electrons. The fourth-order valence-corrected chi connectivity index (χ4v) is 7.66. The molecule has 8 aromatic rings. The average Bonchev–Trinajstić information content (AvgIpc) is 3.72. The molecule has 6 heterocycles. The third-order valence-electron chi connectivity index (χ3n) is 10.9. The maximum absolute atomic E-state index is 5.42. The number of imidazole rings is 2. The molecule has 6 aromatic heterocycles. The van der Waals surface area contributed by atoms with Crippen molar-refractivity contribution in [3.63, 3.8) is 0 Å². The molecule has 0 aliphatic rings. The molecule has 0 atom stereocenters. The van der Waals surface area contributed by atoms with Crippen LogP contribution >= 0.6 is 0 Å². The second-order valence-corrected chi connectivity index (χ2v) is 15.5. The van der Waals surface area contributed by atoms with Crippen LogP contribution in [0.3, 0.4) is 0 Å². The Kier molecular flexibility index (Phi) is 6.89. The number of aromatic nitrogens is 6. The minimum absolute atomic E-state index is 0.375. The van der Waals surface area contributed by atoms with Crippen LogP contribution in [0.5, 0.6) is 0 Å². The van der Waals surface area contributed by atoms with Crippen LogP contribution < -0.4 is 0 Å². The second-order valence-electron chi connectivity index (χ2n) is 15.5. The van der Waals surface area contributed by atoms with Crippen LogP contribution in [0.4, 0.5) is 0 Å². The van der Waals surface area contributed by atoms with Gasteiger partial charge in [-0.15, -0.1) is 0 Å².